The van der Waals surface area contributed by atoms with Crippen LogP contribution in [0.25, 0.3) is 0 Å². The Balaban J connectivity index is 2.61. The number of hydrogen-bond donors (Lipinski definition) is 3. The number of benzene rings is 1. The first-order valence-electron chi connectivity index (χ1n) is 8.18. The molecule has 0 unspecified atom stereocenters. The number of rotatable bonds is 7. The zero-order valence-electron chi connectivity index (χ0n) is 15.6. The molecule has 0 saturated heterocycles. The maximum atomic E-state index is 12.0. The number of hydrogen-bond acceptors (Lipinski definition) is 5. The summed E-state index contributed by atoms with van der Waals surface area (Å²) >= 11 is 0. The predicted octanol–water partition coefficient (Wildman–Crippen LogP) is 2.29. The number of carbonyl (C=O) groups excluding carboxylic acids is 2. The van der Waals surface area contributed by atoms with Crippen molar-refractivity contribution in [1.29, 1.82) is 0 Å². The van der Waals surface area contributed by atoms with Crippen molar-refractivity contribution < 1.29 is 18.8 Å². The summed E-state index contributed by atoms with van der Waals surface area (Å²) in [5, 5.41) is 2.50. The van der Waals surface area contributed by atoms with Crippen molar-refractivity contribution in [3.63, 3.8) is 0 Å². The van der Waals surface area contributed by atoms with Crippen LogP contribution in [0.3, 0.4) is 0 Å². The van der Waals surface area contributed by atoms with Crippen molar-refractivity contribution in [1.82, 2.24) is 10.7 Å². The molecule has 0 radical (unpaired) electrons. The Labute approximate surface area is 150 Å². The van der Waals surface area contributed by atoms with E-state index in [0.29, 0.717) is 0 Å². The van der Waals surface area contributed by atoms with E-state index in [-0.39, 0.29) is 18.3 Å². The molecule has 0 fully saturated rings. The van der Waals surface area contributed by atoms with Gasteiger partial charge in [-0.3, -0.25) is 10.2 Å². The number of nitrogens with two attached hydrogens (primary N) is 1. The second kappa shape index (κ2) is 8.98. The molecule has 25 heavy (non-hydrogen) atoms. The molecule has 1 atom stereocenters. The summed E-state index contributed by atoms with van der Waals surface area (Å²) in [5.41, 5.74) is 2.90. The molecule has 0 aliphatic heterocycles. The average Bonchev–Trinajstić information content (AvgIpc) is 2.56. The van der Waals surface area contributed by atoms with Gasteiger partial charge in [0.05, 0.1) is 6.61 Å². The largest absolute Gasteiger partial charge is 0.445 e. The van der Waals surface area contributed by atoms with Gasteiger partial charge in [0.25, 0.3) is 5.91 Å². The smallest absolute Gasteiger partial charge is 0.408 e. The number of ether oxygens (including phenoxy) is 1. The third-order valence-electron chi connectivity index (χ3n) is 4.38. The fourth-order valence-electron chi connectivity index (χ4n) is 1.70. The normalized spacial score (nSPS) is 13.0. The summed E-state index contributed by atoms with van der Waals surface area (Å²) in [6.45, 7) is 10.6. The van der Waals surface area contributed by atoms with Gasteiger partial charge in [-0.2, -0.15) is 0 Å². The highest BCUT2D eigenvalue weighted by atomic mass is 28.4. The molecule has 0 bridgehead atoms. The molecule has 140 valence electrons. The molecule has 8 heteroatoms. The maximum Gasteiger partial charge on any atom is 0.408 e. The van der Waals surface area contributed by atoms with Crippen LogP contribution in [-0.4, -0.2) is 33.0 Å². The number of hydrazine groups is 1. The quantitative estimate of drug-likeness (QED) is 0.297. The Kier molecular flexibility index (Phi) is 7.59. The van der Waals surface area contributed by atoms with E-state index < -0.39 is 26.4 Å². The Morgan fingerprint density at radius 3 is 2.32 bits per heavy atom. The summed E-state index contributed by atoms with van der Waals surface area (Å²) in [4.78, 5) is 23.9. The zero-order chi connectivity index (χ0) is 19.1. The van der Waals surface area contributed by atoms with Gasteiger partial charge in [0.2, 0.25) is 0 Å². The van der Waals surface area contributed by atoms with Crippen molar-refractivity contribution in [3.05, 3.63) is 35.9 Å². The monoisotopic (exact) mass is 367 g/mol. The standard InChI is InChI=1S/C17H29N3O4Si/c1-17(2,3)25(4,5)24-12-14(15(21)20-18)19-16(22)23-11-13-9-7-6-8-10-13/h6-10,14H,11-12,18H2,1-5H3,(H,19,22)(H,20,21)/t14-/m0/s1. The molecule has 1 aromatic rings. The van der Waals surface area contributed by atoms with E-state index in [4.69, 9.17) is 15.0 Å². The summed E-state index contributed by atoms with van der Waals surface area (Å²) in [6.07, 6.45) is -0.698. The van der Waals surface area contributed by atoms with E-state index in [1.165, 1.54) is 0 Å². The van der Waals surface area contributed by atoms with E-state index >= 15 is 0 Å². The Morgan fingerprint density at radius 2 is 1.80 bits per heavy atom. The fourth-order valence-corrected chi connectivity index (χ4v) is 2.72. The first kappa shape index (κ1) is 21.1. The van der Waals surface area contributed by atoms with Gasteiger partial charge in [-0.1, -0.05) is 51.1 Å². The number of amides is 2. The highest BCUT2D eigenvalue weighted by molar-refractivity contribution is 6.74. The van der Waals surface area contributed by atoms with Gasteiger partial charge < -0.3 is 14.5 Å². The van der Waals surface area contributed by atoms with Crippen LogP contribution in [0.2, 0.25) is 18.1 Å². The van der Waals surface area contributed by atoms with Crippen molar-refractivity contribution in [2.24, 2.45) is 5.84 Å². The molecule has 0 aromatic heterocycles. The maximum absolute atomic E-state index is 12.0. The summed E-state index contributed by atoms with van der Waals surface area (Å²) < 4.78 is 11.1. The molecule has 1 aromatic carbocycles. The Morgan fingerprint density at radius 1 is 1.20 bits per heavy atom. The van der Waals surface area contributed by atoms with Gasteiger partial charge in [0.15, 0.2) is 8.32 Å². The van der Waals surface area contributed by atoms with Gasteiger partial charge in [0, 0.05) is 0 Å². The third kappa shape index (κ3) is 6.85. The predicted molar refractivity (Wildman–Crippen MR) is 99.0 cm³/mol. The van der Waals surface area contributed by atoms with Crippen LogP contribution in [-0.2, 0) is 20.6 Å². The Bertz CT molecular complexity index is 573. The molecule has 4 N–H and O–H groups in total. The van der Waals surface area contributed by atoms with Crippen molar-refractivity contribution in [2.75, 3.05) is 6.61 Å². The minimum atomic E-state index is -2.06. The van der Waals surface area contributed by atoms with Gasteiger partial charge >= 0.3 is 6.09 Å². The number of carbonyl (C=O) groups is 2. The highest BCUT2D eigenvalue weighted by Gasteiger charge is 2.38. The lowest BCUT2D eigenvalue weighted by molar-refractivity contribution is -0.123. The second-order valence-corrected chi connectivity index (χ2v) is 12.1. The first-order valence-corrected chi connectivity index (χ1v) is 11.1. The van der Waals surface area contributed by atoms with Gasteiger partial charge in [-0.25, -0.2) is 10.6 Å². The molecule has 0 heterocycles. The molecule has 0 spiro atoms. The van der Waals surface area contributed by atoms with Crippen LogP contribution in [0.4, 0.5) is 4.79 Å². The molecular weight excluding hydrogens is 338 g/mol. The molecule has 1 rings (SSSR count). The fraction of sp³-hybridized carbons (Fsp3) is 0.529. The number of alkyl carbamates (subject to hydrolysis) is 1. The van der Waals surface area contributed by atoms with Crippen LogP contribution in [0.5, 0.6) is 0 Å². The van der Waals surface area contributed by atoms with Gasteiger partial charge in [-0.15, -0.1) is 0 Å². The zero-order valence-corrected chi connectivity index (χ0v) is 16.6. The molecule has 0 saturated carbocycles. The van der Waals surface area contributed by atoms with Gasteiger partial charge in [0.1, 0.15) is 12.6 Å². The highest BCUT2D eigenvalue weighted by Crippen LogP contribution is 2.36. The van der Waals surface area contributed by atoms with Crippen LogP contribution < -0.4 is 16.6 Å². The lowest BCUT2D eigenvalue weighted by Crippen LogP contribution is -2.53. The lowest BCUT2D eigenvalue weighted by atomic mass is 10.2. The number of nitrogens with one attached hydrogen (secondary N) is 2. The van der Waals surface area contributed by atoms with E-state index in [1.807, 2.05) is 35.8 Å². The summed E-state index contributed by atoms with van der Waals surface area (Å²) in [5.74, 6) is 4.67. The van der Waals surface area contributed by atoms with E-state index in [0.717, 1.165) is 5.56 Å². The minimum absolute atomic E-state index is 0.00937. The summed E-state index contributed by atoms with van der Waals surface area (Å²) in [7, 11) is -2.06. The Hall–Kier alpha value is -1.90. The van der Waals surface area contributed by atoms with Crippen LogP contribution in [0.15, 0.2) is 30.3 Å². The SMILES string of the molecule is CC(C)(C)[Si](C)(C)OC[C@H](NC(=O)OCc1ccccc1)C(=O)NN. The summed E-state index contributed by atoms with van der Waals surface area (Å²) in [6, 6.07) is 8.37. The van der Waals surface area contributed by atoms with Crippen LogP contribution in [0.1, 0.15) is 26.3 Å². The second-order valence-electron chi connectivity index (χ2n) is 7.34. The molecule has 0 aliphatic carbocycles. The minimum Gasteiger partial charge on any atom is -0.445 e. The first-order chi connectivity index (χ1) is 11.6. The van der Waals surface area contributed by atoms with E-state index in [1.54, 1.807) is 0 Å². The van der Waals surface area contributed by atoms with Crippen molar-refractivity contribution >= 4 is 20.3 Å². The van der Waals surface area contributed by atoms with Gasteiger partial charge in [-0.05, 0) is 23.7 Å². The topological polar surface area (TPSA) is 103 Å². The van der Waals surface area contributed by atoms with Crippen molar-refractivity contribution in [2.45, 2.75) is 51.6 Å². The molecule has 7 nitrogen and oxygen atoms in total. The van der Waals surface area contributed by atoms with Crippen molar-refractivity contribution in [3.8, 4) is 0 Å². The molecule has 0 aliphatic rings. The van der Waals surface area contributed by atoms with E-state index in [9.17, 15) is 9.59 Å². The average molecular weight is 368 g/mol. The third-order valence-corrected chi connectivity index (χ3v) is 8.88. The lowest BCUT2D eigenvalue weighted by Gasteiger charge is -2.37. The molecular formula is C17H29N3O4Si. The van der Waals surface area contributed by atoms with E-state index in [2.05, 4.69) is 39.2 Å². The van der Waals surface area contributed by atoms with Crippen LogP contribution >= 0.6 is 0 Å². The molecule has 2 amide bonds. The van der Waals surface area contributed by atoms with Crippen LogP contribution in [0, 0.1) is 0 Å².